The molecule has 0 aliphatic heterocycles. The quantitative estimate of drug-likeness (QED) is 0.751. The van der Waals surface area contributed by atoms with Crippen LogP contribution in [0.25, 0.3) is 5.69 Å². The van der Waals surface area contributed by atoms with E-state index in [1.807, 2.05) is 0 Å². The van der Waals surface area contributed by atoms with Crippen LogP contribution in [-0.2, 0) is 16.6 Å². The third-order valence-corrected chi connectivity index (χ3v) is 4.57. The SMILES string of the molecule is O=S(=O)(NCc1nnnn1-c1ccc(F)c(F)c1)c1ccccc1. The fraction of sp³-hybridized carbons (Fsp3) is 0.0714. The number of halogens is 2. The highest BCUT2D eigenvalue weighted by Crippen LogP contribution is 2.14. The average molecular weight is 351 g/mol. The fourth-order valence-corrected chi connectivity index (χ4v) is 2.98. The summed E-state index contributed by atoms with van der Waals surface area (Å²) in [4.78, 5) is 0.0943. The second kappa shape index (κ2) is 6.42. The van der Waals surface area contributed by atoms with Crippen LogP contribution in [0.4, 0.5) is 8.78 Å². The first-order valence-electron chi connectivity index (χ1n) is 6.75. The number of benzene rings is 2. The van der Waals surface area contributed by atoms with E-state index in [2.05, 4.69) is 20.2 Å². The number of sulfonamides is 1. The number of nitrogens with one attached hydrogen (secondary N) is 1. The Morgan fingerprint density at radius 3 is 2.50 bits per heavy atom. The predicted octanol–water partition coefficient (Wildman–Crippen LogP) is 1.42. The summed E-state index contributed by atoms with van der Waals surface area (Å²) in [6.07, 6.45) is 0. The Bertz CT molecular complexity index is 960. The molecular weight excluding hydrogens is 340 g/mol. The first-order valence-corrected chi connectivity index (χ1v) is 8.23. The first-order chi connectivity index (χ1) is 11.5. The zero-order valence-electron chi connectivity index (χ0n) is 12.1. The molecule has 0 saturated carbocycles. The summed E-state index contributed by atoms with van der Waals surface area (Å²) in [5.74, 6) is -1.93. The van der Waals surface area contributed by atoms with Gasteiger partial charge in [-0.1, -0.05) is 18.2 Å². The van der Waals surface area contributed by atoms with Gasteiger partial charge in [-0.15, -0.1) is 5.10 Å². The molecule has 0 spiro atoms. The second-order valence-corrected chi connectivity index (χ2v) is 6.51. The smallest absolute Gasteiger partial charge is 0.207 e. The largest absolute Gasteiger partial charge is 0.240 e. The lowest BCUT2D eigenvalue weighted by molar-refractivity contribution is 0.507. The van der Waals surface area contributed by atoms with Crippen LogP contribution in [-0.4, -0.2) is 28.6 Å². The van der Waals surface area contributed by atoms with Gasteiger partial charge in [-0.2, -0.15) is 4.68 Å². The zero-order chi connectivity index (χ0) is 17.2. The lowest BCUT2D eigenvalue weighted by Crippen LogP contribution is -2.25. The number of hydrogen-bond acceptors (Lipinski definition) is 5. The van der Waals surface area contributed by atoms with Gasteiger partial charge >= 0.3 is 0 Å². The minimum Gasteiger partial charge on any atom is -0.207 e. The molecule has 1 heterocycles. The van der Waals surface area contributed by atoms with E-state index in [9.17, 15) is 17.2 Å². The zero-order valence-corrected chi connectivity index (χ0v) is 12.9. The van der Waals surface area contributed by atoms with Gasteiger partial charge in [-0.3, -0.25) is 0 Å². The number of hydrogen-bond donors (Lipinski definition) is 1. The molecular formula is C14H11F2N5O2S. The van der Waals surface area contributed by atoms with Gasteiger partial charge in [0.05, 0.1) is 17.1 Å². The lowest BCUT2D eigenvalue weighted by Gasteiger charge is -2.07. The standard InChI is InChI=1S/C14H11F2N5O2S/c15-12-7-6-10(8-13(12)16)21-14(18-19-20-21)9-17-24(22,23)11-4-2-1-3-5-11/h1-8,17H,9H2. The van der Waals surface area contributed by atoms with Crippen molar-refractivity contribution in [3.8, 4) is 5.69 Å². The van der Waals surface area contributed by atoms with Crippen molar-refractivity contribution in [3.05, 3.63) is 66.0 Å². The molecule has 0 bridgehead atoms. The van der Waals surface area contributed by atoms with Crippen molar-refractivity contribution in [1.82, 2.24) is 24.9 Å². The van der Waals surface area contributed by atoms with E-state index in [-0.39, 0.29) is 23.0 Å². The molecule has 7 nitrogen and oxygen atoms in total. The van der Waals surface area contributed by atoms with E-state index in [0.29, 0.717) is 0 Å². The maximum absolute atomic E-state index is 13.3. The molecule has 1 aromatic heterocycles. The predicted molar refractivity (Wildman–Crippen MR) is 79.5 cm³/mol. The van der Waals surface area contributed by atoms with Crippen LogP contribution in [0.2, 0.25) is 0 Å². The third-order valence-electron chi connectivity index (χ3n) is 3.16. The van der Waals surface area contributed by atoms with Gasteiger partial charge in [-0.25, -0.2) is 21.9 Å². The van der Waals surface area contributed by atoms with Gasteiger partial charge in [0.2, 0.25) is 10.0 Å². The summed E-state index contributed by atoms with van der Waals surface area (Å²) in [6, 6.07) is 10.9. The normalized spacial score (nSPS) is 11.6. The Morgan fingerprint density at radius 2 is 1.79 bits per heavy atom. The van der Waals surface area contributed by atoms with E-state index in [4.69, 9.17) is 0 Å². The van der Waals surface area contributed by atoms with Gasteiger partial charge in [0.1, 0.15) is 0 Å². The van der Waals surface area contributed by atoms with Crippen LogP contribution in [0.1, 0.15) is 5.82 Å². The van der Waals surface area contributed by atoms with E-state index >= 15 is 0 Å². The average Bonchev–Trinajstić information content (AvgIpc) is 3.05. The van der Waals surface area contributed by atoms with Gasteiger partial charge < -0.3 is 0 Å². The molecule has 3 rings (SSSR count). The molecule has 24 heavy (non-hydrogen) atoms. The number of nitrogens with zero attached hydrogens (tertiary/aromatic N) is 4. The Hall–Kier alpha value is -2.72. The Labute approximate surface area is 136 Å². The van der Waals surface area contributed by atoms with Crippen LogP contribution < -0.4 is 4.72 Å². The Kier molecular flexibility index (Phi) is 4.32. The van der Waals surface area contributed by atoms with Crippen LogP contribution in [0.5, 0.6) is 0 Å². The Morgan fingerprint density at radius 1 is 1.04 bits per heavy atom. The summed E-state index contributed by atoms with van der Waals surface area (Å²) >= 11 is 0. The van der Waals surface area contributed by atoms with Gasteiger partial charge in [-0.05, 0) is 34.7 Å². The monoisotopic (exact) mass is 351 g/mol. The van der Waals surface area contributed by atoms with Crippen LogP contribution in [0.3, 0.4) is 0 Å². The highest BCUT2D eigenvalue weighted by atomic mass is 32.2. The molecule has 0 aliphatic rings. The van der Waals surface area contributed by atoms with Crippen LogP contribution in [0, 0.1) is 11.6 Å². The lowest BCUT2D eigenvalue weighted by atomic mass is 10.3. The summed E-state index contributed by atoms with van der Waals surface area (Å²) in [5.41, 5.74) is 0.174. The molecule has 0 radical (unpaired) electrons. The molecule has 2 aromatic carbocycles. The number of aromatic nitrogens is 4. The highest BCUT2D eigenvalue weighted by Gasteiger charge is 2.16. The molecule has 0 saturated heterocycles. The van der Waals surface area contributed by atoms with Crippen LogP contribution in [0.15, 0.2) is 53.4 Å². The van der Waals surface area contributed by atoms with Crippen molar-refractivity contribution in [1.29, 1.82) is 0 Å². The van der Waals surface area contributed by atoms with E-state index < -0.39 is 21.7 Å². The Balaban J connectivity index is 1.83. The molecule has 124 valence electrons. The van der Waals surface area contributed by atoms with Gasteiger partial charge in [0, 0.05) is 6.07 Å². The maximum atomic E-state index is 13.3. The van der Waals surface area contributed by atoms with Gasteiger partial charge in [0.15, 0.2) is 17.5 Å². The first kappa shape index (κ1) is 16.1. The number of tetrazole rings is 1. The molecule has 1 N–H and O–H groups in total. The van der Waals surface area contributed by atoms with E-state index in [0.717, 1.165) is 16.8 Å². The summed E-state index contributed by atoms with van der Waals surface area (Å²) in [7, 11) is -3.74. The van der Waals surface area contributed by atoms with Gasteiger partial charge in [0.25, 0.3) is 0 Å². The van der Waals surface area contributed by atoms with Crippen LogP contribution >= 0.6 is 0 Å². The summed E-state index contributed by atoms with van der Waals surface area (Å²) < 4.78 is 54.2. The minimum atomic E-state index is -3.74. The molecule has 0 unspecified atom stereocenters. The highest BCUT2D eigenvalue weighted by molar-refractivity contribution is 7.89. The molecule has 0 fully saturated rings. The van der Waals surface area contributed by atoms with Crippen molar-refractivity contribution in [2.24, 2.45) is 0 Å². The molecule has 0 aliphatic carbocycles. The fourth-order valence-electron chi connectivity index (χ4n) is 1.98. The van der Waals surface area contributed by atoms with E-state index in [1.54, 1.807) is 18.2 Å². The maximum Gasteiger partial charge on any atom is 0.240 e. The molecule has 0 atom stereocenters. The molecule has 10 heteroatoms. The number of rotatable bonds is 5. The van der Waals surface area contributed by atoms with Crippen molar-refractivity contribution < 1.29 is 17.2 Å². The van der Waals surface area contributed by atoms with E-state index in [1.165, 1.54) is 18.2 Å². The van der Waals surface area contributed by atoms with Crippen molar-refractivity contribution >= 4 is 10.0 Å². The topological polar surface area (TPSA) is 89.8 Å². The second-order valence-electron chi connectivity index (χ2n) is 4.74. The van der Waals surface area contributed by atoms with Crippen molar-refractivity contribution in [2.45, 2.75) is 11.4 Å². The minimum absolute atomic E-state index is 0.0943. The van der Waals surface area contributed by atoms with Crippen molar-refractivity contribution in [3.63, 3.8) is 0 Å². The summed E-state index contributed by atoms with van der Waals surface area (Å²) in [5, 5.41) is 10.8. The third kappa shape index (κ3) is 3.29. The summed E-state index contributed by atoms with van der Waals surface area (Å²) in [6.45, 7) is -0.219. The molecule has 0 amide bonds. The molecule has 3 aromatic rings. The van der Waals surface area contributed by atoms with Crippen molar-refractivity contribution in [2.75, 3.05) is 0 Å².